The van der Waals surface area contributed by atoms with Crippen LogP contribution < -0.4 is 5.32 Å². The largest absolute Gasteiger partial charge is 0.317 e. The molecule has 70 valence electrons. The number of rotatable bonds is 1. The molecular formula is C9H17ClN2. The van der Waals surface area contributed by atoms with E-state index in [9.17, 15) is 0 Å². The van der Waals surface area contributed by atoms with E-state index in [0.717, 1.165) is 25.9 Å². The maximum atomic E-state index is 9.03. The van der Waals surface area contributed by atoms with Gasteiger partial charge in [-0.05, 0) is 31.8 Å². The van der Waals surface area contributed by atoms with E-state index in [1.54, 1.807) is 0 Å². The number of nitrogens with zero attached hydrogens (tertiary/aromatic N) is 1. The molecule has 1 N–H and O–H groups in total. The normalized spacial score (nSPS) is 21.2. The number of hydrogen-bond acceptors (Lipinski definition) is 2. The molecule has 0 bridgehead atoms. The van der Waals surface area contributed by atoms with Crippen molar-refractivity contribution in [3.8, 4) is 6.07 Å². The van der Waals surface area contributed by atoms with Crippen LogP contribution in [0.15, 0.2) is 0 Å². The first kappa shape index (κ1) is 11.7. The van der Waals surface area contributed by atoms with Crippen LogP contribution in [0.1, 0.15) is 26.7 Å². The van der Waals surface area contributed by atoms with Gasteiger partial charge in [-0.3, -0.25) is 0 Å². The Labute approximate surface area is 80.7 Å². The van der Waals surface area contributed by atoms with Crippen molar-refractivity contribution in [3.05, 3.63) is 0 Å². The molecule has 0 saturated carbocycles. The summed E-state index contributed by atoms with van der Waals surface area (Å²) in [6.07, 6.45) is 2.03. The Hall–Kier alpha value is -0.260. The molecule has 1 heterocycles. The van der Waals surface area contributed by atoms with Crippen molar-refractivity contribution in [3.63, 3.8) is 0 Å². The average Bonchev–Trinajstić information content (AvgIpc) is 2.05. The quantitative estimate of drug-likeness (QED) is 0.683. The Morgan fingerprint density at radius 1 is 1.33 bits per heavy atom. The predicted molar refractivity (Wildman–Crippen MR) is 52.2 cm³/mol. The molecule has 0 spiro atoms. The Kier molecular flexibility index (Phi) is 4.59. The zero-order valence-corrected chi connectivity index (χ0v) is 8.58. The van der Waals surface area contributed by atoms with Crippen LogP contribution in [-0.4, -0.2) is 13.1 Å². The third-order valence-electron chi connectivity index (χ3n) is 2.82. The fourth-order valence-corrected chi connectivity index (χ4v) is 1.69. The van der Waals surface area contributed by atoms with Gasteiger partial charge in [0.05, 0.1) is 11.5 Å². The van der Waals surface area contributed by atoms with Crippen LogP contribution in [0, 0.1) is 22.7 Å². The number of piperidine rings is 1. The van der Waals surface area contributed by atoms with Gasteiger partial charge in [0.15, 0.2) is 0 Å². The van der Waals surface area contributed by atoms with Gasteiger partial charge in [0, 0.05) is 0 Å². The molecule has 0 aromatic rings. The van der Waals surface area contributed by atoms with Gasteiger partial charge in [0.2, 0.25) is 0 Å². The molecule has 0 radical (unpaired) electrons. The van der Waals surface area contributed by atoms with Gasteiger partial charge < -0.3 is 5.32 Å². The van der Waals surface area contributed by atoms with E-state index < -0.39 is 0 Å². The van der Waals surface area contributed by atoms with Crippen molar-refractivity contribution >= 4 is 12.4 Å². The van der Waals surface area contributed by atoms with Gasteiger partial charge in [0.25, 0.3) is 0 Å². The lowest BCUT2D eigenvalue weighted by Gasteiger charge is -2.34. The van der Waals surface area contributed by atoms with E-state index >= 15 is 0 Å². The summed E-state index contributed by atoms with van der Waals surface area (Å²) < 4.78 is 0. The summed E-state index contributed by atoms with van der Waals surface area (Å²) in [4.78, 5) is 0. The second-order valence-electron chi connectivity index (χ2n) is 3.67. The molecule has 0 unspecified atom stereocenters. The minimum absolute atomic E-state index is 0. The Morgan fingerprint density at radius 2 is 1.83 bits per heavy atom. The lowest BCUT2D eigenvalue weighted by atomic mass is 9.72. The third kappa shape index (κ3) is 2.12. The molecule has 0 aliphatic carbocycles. The minimum atomic E-state index is -0.0365. The van der Waals surface area contributed by atoms with E-state index in [1.165, 1.54) is 0 Å². The number of nitrogens with one attached hydrogen (secondary N) is 1. The smallest absolute Gasteiger partial charge is 0.0693 e. The van der Waals surface area contributed by atoms with Crippen molar-refractivity contribution < 1.29 is 0 Å². The molecule has 1 saturated heterocycles. The lowest BCUT2D eigenvalue weighted by molar-refractivity contribution is 0.202. The highest BCUT2D eigenvalue weighted by Crippen LogP contribution is 2.35. The topological polar surface area (TPSA) is 35.8 Å². The van der Waals surface area contributed by atoms with Gasteiger partial charge in [-0.15, -0.1) is 12.4 Å². The van der Waals surface area contributed by atoms with Crippen LogP contribution in [0.5, 0.6) is 0 Å². The first-order valence-electron chi connectivity index (χ1n) is 4.33. The molecule has 2 nitrogen and oxygen atoms in total. The second-order valence-corrected chi connectivity index (χ2v) is 3.67. The highest BCUT2D eigenvalue weighted by Gasteiger charge is 2.34. The van der Waals surface area contributed by atoms with Gasteiger partial charge in [-0.1, -0.05) is 13.8 Å². The van der Waals surface area contributed by atoms with E-state index in [-0.39, 0.29) is 17.8 Å². The van der Waals surface area contributed by atoms with E-state index in [1.807, 2.05) is 0 Å². The fourth-order valence-electron chi connectivity index (χ4n) is 1.69. The van der Waals surface area contributed by atoms with Crippen LogP contribution in [0.3, 0.4) is 0 Å². The Balaban J connectivity index is 0.00000121. The zero-order chi connectivity index (χ0) is 8.32. The second kappa shape index (κ2) is 4.69. The standard InChI is InChI=1S/C9H16N2.ClH/c1-8(2)9(7-10)3-5-11-6-4-9;/h8,11H,3-6H2,1-2H3;1H. The monoisotopic (exact) mass is 188 g/mol. The highest BCUT2D eigenvalue weighted by molar-refractivity contribution is 5.85. The Bertz CT molecular complexity index is 166. The van der Waals surface area contributed by atoms with Gasteiger partial charge in [0.1, 0.15) is 0 Å². The van der Waals surface area contributed by atoms with Crippen molar-refractivity contribution in [2.75, 3.05) is 13.1 Å². The summed E-state index contributed by atoms with van der Waals surface area (Å²) in [5, 5.41) is 12.3. The molecule has 1 rings (SSSR count). The molecule has 0 aromatic heterocycles. The van der Waals surface area contributed by atoms with E-state index in [0.29, 0.717) is 5.92 Å². The highest BCUT2D eigenvalue weighted by atomic mass is 35.5. The van der Waals surface area contributed by atoms with Crippen molar-refractivity contribution in [2.24, 2.45) is 11.3 Å². The van der Waals surface area contributed by atoms with Crippen molar-refractivity contribution in [1.29, 1.82) is 5.26 Å². The summed E-state index contributed by atoms with van der Waals surface area (Å²) in [5.41, 5.74) is -0.0365. The third-order valence-corrected chi connectivity index (χ3v) is 2.82. The molecule has 0 amide bonds. The SMILES string of the molecule is CC(C)C1(C#N)CCNCC1.Cl. The maximum Gasteiger partial charge on any atom is 0.0693 e. The number of hydrogen-bond donors (Lipinski definition) is 1. The van der Waals surface area contributed by atoms with Crippen LogP contribution in [-0.2, 0) is 0 Å². The van der Waals surface area contributed by atoms with Gasteiger partial charge in [-0.25, -0.2) is 0 Å². The number of halogens is 1. The molecule has 1 aliphatic heterocycles. The van der Waals surface area contributed by atoms with E-state index in [2.05, 4.69) is 25.2 Å². The molecule has 3 heteroatoms. The van der Waals surface area contributed by atoms with Crippen LogP contribution in [0.2, 0.25) is 0 Å². The van der Waals surface area contributed by atoms with E-state index in [4.69, 9.17) is 5.26 Å². The van der Waals surface area contributed by atoms with Crippen LogP contribution in [0.4, 0.5) is 0 Å². The molecular weight excluding hydrogens is 172 g/mol. The summed E-state index contributed by atoms with van der Waals surface area (Å²) in [7, 11) is 0. The lowest BCUT2D eigenvalue weighted by Crippen LogP contribution is -2.39. The van der Waals surface area contributed by atoms with Crippen LogP contribution >= 0.6 is 12.4 Å². The van der Waals surface area contributed by atoms with Gasteiger partial charge >= 0.3 is 0 Å². The minimum Gasteiger partial charge on any atom is -0.317 e. The number of nitriles is 1. The van der Waals surface area contributed by atoms with Crippen molar-refractivity contribution in [1.82, 2.24) is 5.32 Å². The molecule has 0 aromatic carbocycles. The predicted octanol–water partition coefficient (Wildman–Crippen LogP) is 1.96. The van der Waals surface area contributed by atoms with Crippen molar-refractivity contribution in [2.45, 2.75) is 26.7 Å². The summed E-state index contributed by atoms with van der Waals surface area (Å²) in [6.45, 7) is 6.31. The average molecular weight is 189 g/mol. The maximum absolute atomic E-state index is 9.03. The molecule has 1 aliphatic rings. The summed E-state index contributed by atoms with van der Waals surface area (Å²) in [6, 6.07) is 2.48. The fraction of sp³-hybridized carbons (Fsp3) is 0.889. The zero-order valence-electron chi connectivity index (χ0n) is 7.76. The molecule has 1 fully saturated rings. The Morgan fingerprint density at radius 3 is 2.08 bits per heavy atom. The van der Waals surface area contributed by atoms with Crippen LogP contribution in [0.25, 0.3) is 0 Å². The first-order chi connectivity index (χ1) is 5.21. The summed E-state index contributed by atoms with van der Waals surface area (Å²) in [5.74, 6) is 0.495. The molecule has 0 atom stereocenters. The summed E-state index contributed by atoms with van der Waals surface area (Å²) >= 11 is 0. The first-order valence-corrected chi connectivity index (χ1v) is 4.33. The van der Waals surface area contributed by atoms with Gasteiger partial charge in [-0.2, -0.15) is 5.26 Å². The molecule has 12 heavy (non-hydrogen) atoms.